The van der Waals surface area contributed by atoms with Gasteiger partial charge in [-0.05, 0) is 17.4 Å². The van der Waals surface area contributed by atoms with Crippen LogP contribution in [-0.2, 0) is 0 Å². The van der Waals surface area contributed by atoms with Crippen LogP contribution in [0.4, 0.5) is 11.8 Å². The first-order valence-electron chi connectivity index (χ1n) is 7.04. The zero-order valence-electron chi connectivity index (χ0n) is 12.2. The number of hydrogen-bond acceptors (Lipinski definition) is 6. The Labute approximate surface area is 123 Å². The number of fused-ring (bicyclic) bond motifs is 1. The summed E-state index contributed by atoms with van der Waals surface area (Å²) >= 11 is 1.59. The van der Waals surface area contributed by atoms with E-state index < -0.39 is 0 Å². The van der Waals surface area contributed by atoms with Gasteiger partial charge in [-0.25, -0.2) is 4.98 Å². The van der Waals surface area contributed by atoms with E-state index in [1.807, 2.05) is 11.4 Å². The molecule has 5 nitrogen and oxygen atoms in total. The van der Waals surface area contributed by atoms with E-state index in [2.05, 4.69) is 34.4 Å². The van der Waals surface area contributed by atoms with E-state index in [9.17, 15) is 5.11 Å². The molecule has 0 bridgehead atoms. The van der Waals surface area contributed by atoms with E-state index in [4.69, 9.17) is 0 Å². The molecule has 2 rings (SSSR count). The summed E-state index contributed by atoms with van der Waals surface area (Å²) in [7, 11) is 1.80. The number of rotatable bonds is 7. The number of aliphatic hydroxyl groups excluding tert-OH is 1. The van der Waals surface area contributed by atoms with E-state index in [0.717, 1.165) is 28.9 Å². The Kier molecular flexibility index (Phi) is 5.14. The Balaban J connectivity index is 2.14. The molecule has 0 aliphatic carbocycles. The van der Waals surface area contributed by atoms with Gasteiger partial charge < -0.3 is 15.7 Å². The van der Waals surface area contributed by atoms with Gasteiger partial charge in [0.25, 0.3) is 0 Å². The fourth-order valence-corrected chi connectivity index (χ4v) is 3.07. The van der Waals surface area contributed by atoms with Crippen molar-refractivity contribution in [3.05, 3.63) is 11.4 Å². The van der Waals surface area contributed by atoms with Gasteiger partial charge in [-0.15, -0.1) is 11.3 Å². The van der Waals surface area contributed by atoms with Gasteiger partial charge in [0, 0.05) is 13.6 Å². The molecule has 6 heteroatoms. The van der Waals surface area contributed by atoms with Crippen molar-refractivity contribution in [2.24, 2.45) is 5.92 Å². The van der Waals surface area contributed by atoms with Gasteiger partial charge >= 0.3 is 0 Å². The highest BCUT2D eigenvalue weighted by molar-refractivity contribution is 7.16. The second-order valence-corrected chi connectivity index (χ2v) is 5.70. The molecule has 0 aliphatic heterocycles. The average Bonchev–Trinajstić information content (AvgIpc) is 2.94. The molecule has 0 saturated heterocycles. The van der Waals surface area contributed by atoms with Gasteiger partial charge in [0.1, 0.15) is 10.6 Å². The molecule has 0 spiro atoms. The highest BCUT2D eigenvalue weighted by Gasteiger charge is 2.16. The topological polar surface area (TPSA) is 70.1 Å². The first-order chi connectivity index (χ1) is 9.69. The van der Waals surface area contributed by atoms with Crippen LogP contribution in [0.2, 0.25) is 0 Å². The lowest BCUT2D eigenvalue weighted by Gasteiger charge is -2.20. The van der Waals surface area contributed by atoms with E-state index in [1.54, 1.807) is 18.4 Å². The molecule has 2 aromatic rings. The molecule has 20 heavy (non-hydrogen) atoms. The van der Waals surface area contributed by atoms with Crippen molar-refractivity contribution in [2.75, 3.05) is 24.2 Å². The summed E-state index contributed by atoms with van der Waals surface area (Å²) in [6.07, 6.45) is 1.61. The minimum atomic E-state index is -0.355. The molecule has 1 atom stereocenters. The van der Waals surface area contributed by atoms with Gasteiger partial charge in [-0.3, -0.25) is 0 Å². The highest BCUT2D eigenvalue weighted by atomic mass is 32.1. The molecule has 0 radical (unpaired) electrons. The Morgan fingerprint density at radius 3 is 2.70 bits per heavy atom. The number of anilines is 2. The number of aromatic nitrogens is 2. The lowest BCUT2D eigenvalue weighted by Crippen LogP contribution is -2.28. The number of thiophene rings is 1. The minimum Gasteiger partial charge on any atom is -0.391 e. The van der Waals surface area contributed by atoms with Gasteiger partial charge in [-0.2, -0.15) is 4.98 Å². The highest BCUT2D eigenvalue weighted by Crippen LogP contribution is 2.26. The molecule has 0 amide bonds. The van der Waals surface area contributed by atoms with Crippen molar-refractivity contribution in [3.63, 3.8) is 0 Å². The van der Waals surface area contributed by atoms with Crippen LogP contribution in [0.3, 0.4) is 0 Å². The summed E-state index contributed by atoms with van der Waals surface area (Å²) in [4.78, 5) is 9.79. The van der Waals surface area contributed by atoms with Crippen LogP contribution < -0.4 is 10.6 Å². The zero-order chi connectivity index (χ0) is 14.5. The quantitative estimate of drug-likeness (QED) is 0.732. The smallest absolute Gasteiger partial charge is 0.225 e. The number of aliphatic hydroxyl groups is 1. The largest absolute Gasteiger partial charge is 0.391 e. The van der Waals surface area contributed by atoms with Gasteiger partial charge in [0.05, 0.1) is 11.5 Å². The summed E-state index contributed by atoms with van der Waals surface area (Å²) in [5, 5.41) is 19.4. The van der Waals surface area contributed by atoms with Crippen molar-refractivity contribution in [1.29, 1.82) is 0 Å². The fourth-order valence-electron chi connectivity index (χ4n) is 2.30. The predicted octanol–water partition coefficient (Wildman–Crippen LogP) is 2.94. The van der Waals surface area contributed by atoms with E-state index in [-0.39, 0.29) is 6.10 Å². The normalized spacial score (nSPS) is 12.8. The molecule has 0 aliphatic rings. The van der Waals surface area contributed by atoms with Crippen molar-refractivity contribution in [2.45, 2.75) is 32.8 Å². The van der Waals surface area contributed by atoms with Crippen molar-refractivity contribution < 1.29 is 5.11 Å². The van der Waals surface area contributed by atoms with Crippen LogP contribution in [0.5, 0.6) is 0 Å². The minimum absolute atomic E-state index is 0.325. The SMILES string of the molecule is CCC(CC)C(O)CNc1nc(NC)nc2sccc12. The predicted molar refractivity (Wildman–Crippen MR) is 85.5 cm³/mol. The average molecular weight is 294 g/mol. The van der Waals surface area contributed by atoms with Crippen LogP contribution in [0, 0.1) is 5.92 Å². The molecule has 0 fully saturated rings. The molecular weight excluding hydrogens is 272 g/mol. The lowest BCUT2D eigenvalue weighted by atomic mass is 9.96. The third-order valence-corrected chi connectivity index (χ3v) is 4.43. The summed E-state index contributed by atoms with van der Waals surface area (Å²) in [6.45, 7) is 4.73. The molecule has 1 unspecified atom stereocenters. The van der Waals surface area contributed by atoms with Gasteiger partial charge in [0.15, 0.2) is 0 Å². The van der Waals surface area contributed by atoms with Crippen molar-refractivity contribution in [3.8, 4) is 0 Å². The first kappa shape index (κ1) is 15.0. The maximum atomic E-state index is 10.2. The molecule has 0 saturated carbocycles. The Morgan fingerprint density at radius 2 is 2.05 bits per heavy atom. The van der Waals surface area contributed by atoms with E-state index >= 15 is 0 Å². The molecule has 0 aromatic carbocycles. The van der Waals surface area contributed by atoms with Crippen LogP contribution in [0.25, 0.3) is 10.2 Å². The second-order valence-electron chi connectivity index (χ2n) is 4.81. The summed E-state index contributed by atoms with van der Waals surface area (Å²) in [5.74, 6) is 1.70. The lowest BCUT2D eigenvalue weighted by molar-refractivity contribution is 0.114. The summed E-state index contributed by atoms with van der Waals surface area (Å²) in [6, 6.07) is 2.01. The van der Waals surface area contributed by atoms with Crippen LogP contribution in [0.15, 0.2) is 11.4 Å². The van der Waals surface area contributed by atoms with E-state index in [0.29, 0.717) is 18.4 Å². The second kappa shape index (κ2) is 6.85. The summed E-state index contributed by atoms with van der Waals surface area (Å²) < 4.78 is 0. The van der Waals surface area contributed by atoms with Crippen molar-refractivity contribution in [1.82, 2.24) is 9.97 Å². The molecular formula is C14H22N4OS. The Morgan fingerprint density at radius 1 is 1.30 bits per heavy atom. The monoisotopic (exact) mass is 294 g/mol. The maximum absolute atomic E-state index is 10.2. The van der Waals surface area contributed by atoms with Crippen molar-refractivity contribution >= 4 is 33.3 Å². The molecule has 110 valence electrons. The maximum Gasteiger partial charge on any atom is 0.225 e. The number of nitrogens with zero attached hydrogens (tertiary/aromatic N) is 2. The standard InChI is InChI=1S/C14H22N4OS/c1-4-9(5-2)11(19)8-16-12-10-6-7-20-13(10)18-14(15-3)17-12/h6-7,9,11,19H,4-5,8H2,1-3H3,(H2,15,16,17,18). The van der Waals surface area contributed by atoms with Crippen LogP contribution in [-0.4, -0.2) is 34.8 Å². The molecule has 3 N–H and O–H groups in total. The molecule has 2 heterocycles. The van der Waals surface area contributed by atoms with Gasteiger partial charge in [0.2, 0.25) is 5.95 Å². The summed E-state index contributed by atoms with van der Waals surface area (Å²) in [5.41, 5.74) is 0. The number of hydrogen-bond donors (Lipinski definition) is 3. The van der Waals surface area contributed by atoms with Gasteiger partial charge in [-0.1, -0.05) is 26.7 Å². The fraction of sp³-hybridized carbons (Fsp3) is 0.571. The Hall–Kier alpha value is -1.40. The number of nitrogens with one attached hydrogen (secondary N) is 2. The zero-order valence-corrected chi connectivity index (χ0v) is 13.0. The van der Waals surface area contributed by atoms with E-state index in [1.165, 1.54) is 0 Å². The Bertz CT molecular complexity index is 553. The van der Waals surface area contributed by atoms with Crippen LogP contribution >= 0.6 is 11.3 Å². The van der Waals surface area contributed by atoms with Crippen LogP contribution in [0.1, 0.15) is 26.7 Å². The molecule has 2 aromatic heterocycles. The third kappa shape index (κ3) is 3.19. The third-order valence-electron chi connectivity index (χ3n) is 3.62. The first-order valence-corrected chi connectivity index (χ1v) is 7.92.